The summed E-state index contributed by atoms with van der Waals surface area (Å²) >= 11 is 0. The van der Waals surface area contributed by atoms with Crippen LogP contribution in [0.2, 0.25) is 0 Å². The van der Waals surface area contributed by atoms with Crippen molar-refractivity contribution < 1.29 is 18.3 Å². The molecule has 0 aliphatic heterocycles. The normalized spacial score (nSPS) is 11.9. The molecule has 0 unspecified atom stereocenters. The average Bonchev–Trinajstić information content (AvgIpc) is 2.17. The van der Waals surface area contributed by atoms with Gasteiger partial charge in [0, 0.05) is 11.6 Å². The van der Waals surface area contributed by atoms with Crippen LogP contribution in [0.15, 0.2) is 30.5 Å². The van der Waals surface area contributed by atoms with E-state index in [2.05, 4.69) is 4.98 Å². The van der Waals surface area contributed by atoms with E-state index < -0.39 is 11.7 Å². The predicted octanol–water partition coefficient (Wildman–Crippen LogP) is 2.96. The molecule has 0 spiro atoms. The van der Waals surface area contributed by atoms with Gasteiger partial charge in [0.15, 0.2) is 0 Å². The largest absolute Gasteiger partial charge is 0.507 e. The smallest absolute Gasteiger partial charge is 0.418 e. The molecule has 0 fully saturated rings. The molecule has 2 aromatic rings. The number of phenolic OH excluding ortho intramolecular Hbond substituents is 1. The number of fused-ring (bicyclic) bond motifs is 1. The standard InChI is InChI=1S/C10H6F3NO/c11-10(12,13)7-3-4-8(15)6-2-1-5-14-9(6)7/h1-5,15H. The van der Waals surface area contributed by atoms with E-state index in [1.54, 1.807) is 0 Å². The molecule has 1 aromatic carbocycles. The molecule has 0 amide bonds. The highest BCUT2D eigenvalue weighted by Gasteiger charge is 2.33. The summed E-state index contributed by atoms with van der Waals surface area (Å²) in [6, 6.07) is 4.71. The lowest BCUT2D eigenvalue weighted by atomic mass is 10.1. The molecular formula is C10H6F3NO. The molecule has 2 rings (SSSR count). The lowest BCUT2D eigenvalue weighted by Crippen LogP contribution is -2.06. The number of alkyl halides is 3. The van der Waals surface area contributed by atoms with Crippen LogP contribution in [0.1, 0.15) is 5.56 Å². The molecule has 0 atom stereocenters. The molecule has 0 saturated carbocycles. The van der Waals surface area contributed by atoms with E-state index in [1.807, 2.05) is 0 Å². The van der Waals surface area contributed by atoms with E-state index in [0.29, 0.717) is 0 Å². The number of halogens is 3. The first-order valence-corrected chi connectivity index (χ1v) is 4.14. The van der Waals surface area contributed by atoms with Crippen molar-refractivity contribution in [1.82, 2.24) is 4.98 Å². The second kappa shape index (κ2) is 3.12. The number of hydrogen-bond donors (Lipinski definition) is 1. The minimum absolute atomic E-state index is 0.104. The van der Waals surface area contributed by atoms with Crippen LogP contribution < -0.4 is 0 Å². The highest BCUT2D eigenvalue weighted by atomic mass is 19.4. The summed E-state index contributed by atoms with van der Waals surface area (Å²) in [7, 11) is 0. The predicted molar refractivity (Wildman–Crippen MR) is 48.4 cm³/mol. The molecule has 78 valence electrons. The van der Waals surface area contributed by atoms with Gasteiger partial charge < -0.3 is 5.11 Å². The number of aromatic hydroxyl groups is 1. The lowest BCUT2D eigenvalue weighted by Gasteiger charge is -2.09. The quantitative estimate of drug-likeness (QED) is 0.729. The Labute approximate surface area is 83.0 Å². The minimum Gasteiger partial charge on any atom is -0.507 e. The Bertz CT molecular complexity index is 507. The molecule has 15 heavy (non-hydrogen) atoms. The van der Waals surface area contributed by atoms with Crippen molar-refractivity contribution in [2.75, 3.05) is 0 Å². The number of benzene rings is 1. The molecule has 1 N–H and O–H groups in total. The fourth-order valence-corrected chi connectivity index (χ4v) is 1.39. The number of aromatic nitrogens is 1. The zero-order valence-corrected chi connectivity index (χ0v) is 7.42. The SMILES string of the molecule is Oc1ccc(C(F)(F)F)c2ncccc12. The third-order valence-electron chi connectivity index (χ3n) is 2.05. The Morgan fingerprint density at radius 1 is 1.13 bits per heavy atom. The Balaban J connectivity index is 2.84. The maximum absolute atomic E-state index is 12.5. The van der Waals surface area contributed by atoms with Crippen molar-refractivity contribution in [2.24, 2.45) is 0 Å². The lowest BCUT2D eigenvalue weighted by molar-refractivity contribution is -0.136. The summed E-state index contributed by atoms with van der Waals surface area (Å²) in [5.41, 5.74) is -1.07. The van der Waals surface area contributed by atoms with Gasteiger partial charge in [0.2, 0.25) is 0 Å². The number of pyridine rings is 1. The van der Waals surface area contributed by atoms with Gasteiger partial charge >= 0.3 is 6.18 Å². The van der Waals surface area contributed by atoms with Gasteiger partial charge in [0.25, 0.3) is 0 Å². The topological polar surface area (TPSA) is 33.1 Å². The first kappa shape index (κ1) is 9.76. The van der Waals surface area contributed by atoms with Crippen LogP contribution in [-0.4, -0.2) is 10.1 Å². The van der Waals surface area contributed by atoms with Gasteiger partial charge in [0.05, 0.1) is 11.1 Å². The second-order valence-electron chi connectivity index (χ2n) is 3.03. The van der Waals surface area contributed by atoms with Gasteiger partial charge in [-0.25, -0.2) is 0 Å². The fourth-order valence-electron chi connectivity index (χ4n) is 1.39. The van der Waals surface area contributed by atoms with Crippen LogP contribution >= 0.6 is 0 Å². The molecule has 5 heteroatoms. The summed E-state index contributed by atoms with van der Waals surface area (Å²) in [5, 5.41) is 9.46. The molecule has 1 aromatic heterocycles. The molecular weight excluding hydrogens is 207 g/mol. The zero-order chi connectivity index (χ0) is 11.1. The number of hydrogen-bond acceptors (Lipinski definition) is 2. The Morgan fingerprint density at radius 3 is 2.53 bits per heavy atom. The van der Waals surface area contributed by atoms with Crippen molar-refractivity contribution >= 4 is 10.9 Å². The van der Waals surface area contributed by atoms with E-state index >= 15 is 0 Å². The fraction of sp³-hybridized carbons (Fsp3) is 0.100. The van der Waals surface area contributed by atoms with Gasteiger partial charge in [-0.2, -0.15) is 13.2 Å². The maximum atomic E-state index is 12.5. The number of rotatable bonds is 0. The van der Waals surface area contributed by atoms with Crippen LogP contribution in [0.25, 0.3) is 10.9 Å². The monoisotopic (exact) mass is 213 g/mol. The van der Waals surface area contributed by atoms with Crippen LogP contribution in [0.4, 0.5) is 13.2 Å². The van der Waals surface area contributed by atoms with Gasteiger partial charge in [-0.1, -0.05) is 0 Å². The van der Waals surface area contributed by atoms with Crippen LogP contribution in [0.5, 0.6) is 5.75 Å². The minimum atomic E-state index is -4.46. The van der Waals surface area contributed by atoms with Gasteiger partial charge in [-0.3, -0.25) is 4.98 Å². The third-order valence-corrected chi connectivity index (χ3v) is 2.05. The average molecular weight is 213 g/mol. The van der Waals surface area contributed by atoms with E-state index in [4.69, 9.17) is 0 Å². The van der Waals surface area contributed by atoms with E-state index in [0.717, 1.165) is 12.1 Å². The summed E-state index contributed by atoms with van der Waals surface area (Å²) < 4.78 is 37.6. The first-order chi connectivity index (χ1) is 7.00. The zero-order valence-electron chi connectivity index (χ0n) is 7.42. The highest BCUT2D eigenvalue weighted by molar-refractivity contribution is 5.87. The van der Waals surface area contributed by atoms with Gasteiger partial charge in [-0.15, -0.1) is 0 Å². The summed E-state index contributed by atoms with van der Waals surface area (Å²) in [5.74, 6) is -0.203. The molecule has 1 heterocycles. The summed E-state index contributed by atoms with van der Waals surface area (Å²) in [6.07, 6.45) is -3.20. The molecule has 0 aliphatic rings. The van der Waals surface area contributed by atoms with Crippen molar-refractivity contribution in [1.29, 1.82) is 0 Å². The van der Waals surface area contributed by atoms with E-state index in [-0.39, 0.29) is 16.7 Å². The molecule has 0 aliphatic carbocycles. The number of nitrogens with zero attached hydrogens (tertiary/aromatic N) is 1. The maximum Gasteiger partial charge on any atom is 0.418 e. The van der Waals surface area contributed by atoms with Crippen LogP contribution in [-0.2, 0) is 6.18 Å². The van der Waals surface area contributed by atoms with Crippen LogP contribution in [0.3, 0.4) is 0 Å². The van der Waals surface area contributed by atoms with Gasteiger partial charge in [0.1, 0.15) is 5.75 Å². The first-order valence-electron chi connectivity index (χ1n) is 4.14. The molecule has 2 nitrogen and oxygen atoms in total. The Kier molecular flexibility index (Phi) is 2.03. The van der Waals surface area contributed by atoms with E-state index in [9.17, 15) is 18.3 Å². The molecule has 0 radical (unpaired) electrons. The summed E-state index contributed by atoms with van der Waals surface area (Å²) in [6.45, 7) is 0. The Hall–Kier alpha value is -1.78. The third kappa shape index (κ3) is 1.60. The van der Waals surface area contributed by atoms with E-state index in [1.165, 1.54) is 18.3 Å². The van der Waals surface area contributed by atoms with Gasteiger partial charge in [-0.05, 0) is 24.3 Å². The Morgan fingerprint density at radius 2 is 1.87 bits per heavy atom. The van der Waals surface area contributed by atoms with Crippen molar-refractivity contribution in [3.63, 3.8) is 0 Å². The highest BCUT2D eigenvalue weighted by Crippen LogP contribution is 2.36. The van der Waals surface area contributed by atoms with Crippen molar-refractivity contribution in [3.05, 3.63) is 36.0 Å². The summed E-state index contributed by atoms with van der Waals surface area (Å²) in [4.78, 5) is 3.63. The van der Waals surface area contributed by atoms with Crippen molar-refractivity contribution in [3.8, 4) is 5.75 Å². The van der Waals surface area contributed by atoms with Crippen molar-refractivity contribution in [2.45, 2.75) is 6.18 Å². The van der Waals surface area contributed by atoms with Crippen LogP contribution in [0, 0.1) is 0 Å². The second-order valence-corrected chi connectivity index (χ2v) is 3.03. The molecule has 0 bridgehead atoms. The molecule has 0 saturated heterocycles. The number of phenols is 1.